The zero-order chi connectivity index (χ0) is 33.9. The lowest BCUT2D eigenvalue weighted by atomic mass is 10.1. The quantitative estimate of drug-likeness (QED) is 0.142. The summed E-state index contributed by atoms with van der Waals surface area (Å²) >= 11 is 6.78. The number of carbonyl (C=O) groups is 2. The molecule has 48 heavy (non-hydrogen) atoms. The molecule has 244 valence electrons. The molecule has 6 aromatic rings. The normalized spacial score (nSPS) is 10.4. The van der Waals surface area contributed by atoms with Crippen LogP contribution in [0.25, 0.3) is 22.6 Å². The highest BCUT2D eigenvalue weighted by molar-refractivity contribution is 9.10. The second-order valence-corrected chi connectivity index (χ2v) is 12.1. The maximum Gasteiger partial charge on any atom is 0.228 e. The van der Waals surface area contributed by atoms with Gasteiger partial charge in [-0.25, -0.2) is 9.97 Å². The van der Waals surface area contributed by atoms with Gasteiger partial charge in [0.1, 0.15) is 11.5 Å². The van der Waals surface area contributed by atoms with Crippen molar-refractivity contribution in [1.82, 2.24) is 9.97 Å². The van der Waals surface area contributed by atoms with Gasteiger partial charge < -0.3 is 28.9 Å². The van der Waals surface area contributed by atoms with E-state index in [0.717, 1.165) is 31.2 Å². The average Bonchev–Trinajstić information content (AvgIpc) is 3.82. The van der Waals surface area contributed by atoms with E-state index in [0.29, 0.717) is 47.2 Å². The van der Waals surface area contributed by atoms with E-state index in [1.165, 1.54) is 12.8 Å². The third kappa shape index (κ3) is 9.43. The Kier molecular flexibility index (Phi) is 11.8. The summed E-state index contributed by atoms with van der Waals surface area (Å²) in [7, 11) is 3.14. The minimum atomic E-state index is -0.0948. The zero-order valence-corrected chi connectivity index (χ0v) is 29.1. The first-order valence-electron chi connectivity index (χ1n) is 14.5. The number of methoxy groups -OCH3 is 2. The third-order valence-electron chi connectivity index (χ3n) is 6.90. The van der Waals surface area contributed by atoms with Gasteiger partial charge in [0.15, 0.2) is 24.3 Å². The highest BCUT2D eigenvalue weighted by Gasteiger charge is 2.13. The van der Waals surface area contributed by atoms with Crippen LogP contribution in [0.1, 0.15) is 11.1 Å². The number of hydrogen-bond acceptors (Lipinski definition) is 8. The number of amides is 2. The van der Waals surface area contributed by atoms with Crippen molar-refractivity contribution in [2.75, 3.05) is 24.9 Å². The monoisotopic (exact) mass is 772 g/mol. The Morgan fingerprint density at radius 1 is 0.646 bits per heavy atom. The van der Waals surface area contributed by atoms with E-state index in [1.54, 1.807) is 50.9 Å². The number of nitrogens with one attached hydrogen (secondary N) is 2. The van der Waals surface area contributed by atoms with E-state index in [2.05, 4.69) is 52.5 Å². The lowest BCUT2D eigenvalue weighted by Crippen LogP contribution is -2.14. The van der Waals surface area contributed by atoms with Crippen molar-refractivity contribution in [2.24, 2.45) is 0 Å². The molecule has 4 aromatic carbocycles. The Labute approximate surface area is 293 Å². The van der Waals surface area contributed by atoms with Crippen LogP contribution in [0, 0.1) is 0 Å². The molecule has 0 unspecified atom stereocenters. The number of benzene rings is 4. The summed E-state index contributed by atoms with van der Waals surface area (Å²) in [5, 5.41) is 5.75. The van der Waals surface area contributed by atoms with E-state index >= 15 is 0 Å². The molecule has 12 heteroatoms. The molecule has 0 aliphatic heterocycles. The van der Waals surface area contributed by atoms with E-state index in [-0.39, 0.29) is 11.8 Å². The first kappa shape index (κ1) is 34.1. The molecule has 2 heterocycles. The van der Waals surface area contributed by atoms with Crippen LogP contribution in [0.15, 0.2) is 128 Å². The van der Waals surface area contributed by atoms with Crippen LogP contribution >= 0.6 is 31.9 Å². The summed E-state index contributed by atoms with van der Waals surface area (Å²) in [5.41, 5.74) is 4.77. The van der Waals surface area contributed by atoms with Crippen LogP contribution in [0.2, 0.25) is 0 Å². The van der Waals surface area contributed by atoms with Gasteiger partial charge in [-0.2, -0.15) is 0 Å². The zero-order valence-electron chi connectivity index (χ0n) is 25.9. The number of nitrogens with zero attached hydrogens (tertiary/aromatic N) is 2. The van der Waals surface area contributed by atoms with Crippen LogP contribution in [-0.4, -0.2) is 36.0 Å². The summed E-state index contributed by atoms with van der Waals surface area (Å²) in [4.78, 5) is 32.2. The minimum absolute atomic E-state index is 0.0909. The number of oxazole rings is 2. The first-order chi connectivity index (χ1) is 23.3. The fraction of sp³-hybridized carbons (Fsp3) is 0.111. The summed E-state index contributed by atoms with van der Waals surface area (Å²) < 4.78 is 23.3. The van der Waals surface area contributed by atoms with Gasteiger partial charge in [-0.15, -0.1) is 0 Å². The van der Waals surface area contributed by atoms with E-state index in [4.69, 9.17) is 18.3 Å². The molecule has 0 spiro atoms. The van der Waals surface area contributed by atoms with Gasteiger partial charge in [0.25, 0.3) is 0 Å². The predicted molar refractivity (Wildman–Crippen MR) is 190 cm³/mol. The van der Waals surface area contributed by atoms with Gasteiger partial charge in [0.05, 0.1) is 50.6 Å². The summed E-state index contributed by atoms with van der Waals surface area (Å²) in [6.07, 6.45) is 6.56. The van der Waals surface area contributed by atoms with Crippen molar-refractivity contribution >= 4 is 55.0 Å². The summed E-state index contributed by atoms with van der Waals surface area (Å²) in [5.74, 6) is 2.24. The van der Waals surface area contributed by atoms with Crippen LogP contribution < -0.4 is 20.1 Å². The fourth-order valence-corrected chi connectivity index (χ4v) is 5.38. The van der Waals surface area contributed by atoms with Gasteiger partial charge in [-0.05, 0) is 59.7 Å². The molecular formula is C36H30Br2N4O6. The van der Waals surface area contributed by atoms with Crippen molar-refractivity contribution in [3.05, 3.63) is 130 Å². The van der Waals surface area contributed by atoms with Crippen LogP contribution in [-0.2, 0) is 22.4 Å². The highest BCUT2D eigenvalue weighted by atomic mass is 79.9. The molecule has 0 saturated carbocycles. The van der Waals surface area contributed by atoms with Crippen molar-refractivity contribution in [1.29, 1.82) is 0 Å². The van der Waals surface area contributed by atoms with E-state index in [9.17, 15) is 9.59 Å². The number of aromatic nitrogens is 2. The van der Waals surface area contributed by atoms with Gasteiger partial charge in [0, 0.05) is 32.5 Å². The van der Waals surface area contributed by atoms with Gasteiger partial charge in [-0.1, -0.05) is 56.1 Å². The maximum atomic E-state index is 12.2. The predicted octanol–water partition coefficient (Wildman–Crippen LogP) is 8.59. The fourth-order valence-electron chi connectivity index (χ4n) is 4.67. The number of rotatable bonds is 10. The molecule has 0 saturated heterocycles. The van der Waals surface area contributed by atoms with Crippen molar-refractivity contribution in [2.45, 2.75) is 12.8 Å². The molecule has 0 fully saturated rings. The van der Waals surface area contributed by atoms with Crippen LogP contribution in [0.3, 0.4) is 0 Å². The van der Waals surface area contributed by atoms with Crippen LogP contribution in [0.4, 0.5) is 11.4 Å². The number of hydrogen-bond donors (Lipinski definition) is 2. The minimum Gasteiger partial charge on any atom is -0.496 e. The summed E-state index contributed by atoms with van der Waals surface area (Å²) in [6, 6.07) is 26.1. The van der Waals surface area contributed by atoms with E-state index in [1.807, 2.05) is 60.7 Å². The Balaban J connectivity index is 0.000000188. The second kappa shape index (κ2) is 16.6. The molecule has 6 rings (SSSR count). The molecule has 2 amide bonds. The van der Waals surface area contributed by atoms with E-state index < -0.39 is 0 Å². The molecule has 0 bridgehead atoms. The lowest BCUT2D eigenvalue weighted by molar-refractivity contribution is -0.116. The molecule has 2 aromatic heterocycles. The molecule has 0 radical (unpaired) electrons. The van der Waals surface area contributed by atoms with Crippen molar-refractivity contribution in [3.63, 3.8) is 0 Å². The molecule has 0 aliphatic rings. The second-order valence-electron chi connectivity index (χ2n) is 10.3. The number of anilines is 2. The number of carbonyl (C=O) groups excluding carboxylic acids is 2. The topological polar surface area (TPSA) is 129 Å². The SMILES string of the molecule is COc1cc(NC(=O)Cc2ccc(Br)cc2)ccc1-c1cnco1.COc1cc(NC(=O)Cc2cccc(Br)c2)ccc1-c1cnco1. The molecule has 0 atom stereocenters. The highest BCUT2D eigenvalue weighted by Crippen LogP contribution is 2.33. The maximum absolute atomic E-state index is 12.2. The number of ether oxygens (including phenoxy) is 2. The van der Waals surface area contributed by atoms with Gasteiger partial charge in [-0.3, -0.25) is 9.59 Å². The summed E-state index contributed by atoms with van der Waals surface area (Å²) in [6.45, 7) is 0. The third-order valence-corrected chi connectivity index (χ3v) is 7.92. The van der Waals surface area contributed by atoms with Crippen molar-refractivity contribution < 1.29 is 27.9 Å². The van der Waals surface area contributed by atoms with Gasteiger partial charge >= 0.3 is 0 Å². The molecule has 10 nitrogen and oxygen atoms in total. The number of halogens is 2. The first-order valence-corrected chi connectivity index (χ1v) is 16.1. The lowest BCUT2D eigenvalue weighted by Gasteiger charge is -2.10. The van der Waals surface area contributed by atoms with Crippen LogP contribution in [0.5, 0.6) is 11.5 Å². The van der Waals surface area contributed by atoms with Crippen molar-refractivity contribution in [3.8, 4) is 34.1 Å². The standard InChI is InChI=1S/2C18H15BrN2O3/c1-23-16-9-14(6-7-15(16)17-10-20-11-24-17)21-18(22)8-12-2-4-13(19)5-3-12;1-23-16-9-14(5-6-15(16)17-10-20-11-24-17)21-18(22)8-12-3-2-4-13(19)7-12/h2*2-7,9-11H,8H2,1H3,(H,21,22). The Hall–Kier alpha value is -5.20. The molecule has 2 N–H and O–H groups in total. The average molecular weight is 774 g/mol. The Bertz CT molecular complexity index is 1960. The Morgan fingerprint density at radius 2 is 1.17 bits per heavy atom. The molecular weight excluding hydrogens is 744 g/mol. The Morgan fingerprint density at radius 3 is 1.62 bits per heavy atom. The van der Waals surface area contributed by atoms with Gasteiger partial charge in [0.2, 0.25) is 11.8 Å². The molecule has 0 aliphatic carbocycles. The largest absolute Gasteiger partial charge is 0.496 e. The smallest absolute Gasteiger partial charge is 0.228 e.